The molecular formula is C19H24N4O4. The first-order valence-electron chi connectivity index (χ1n) is 8.88. The highest BCUT2D eigenvalue weighted by molar-refractivity contribution is 5.97. The summed E-state index contributed by atoms with van der Waals surface area (Å²) < 4.78 is 5.48. The largest absolute Gasteiger partial charge is 0.505 e. The average Bonchev–Trinajstić information content (AvgIpc) is 2.72. The fourth-order valence-corrected chi connectivity index (χ4v) is 3.31. The molecule has 1 aliphatic carbocycles. The molecule has 8 nitrogen and oxygen atoms in total. The van der Waals surface area contributed by atoms with Gasteiger partial charge in [0.25, 0.3) is 11.8 Å². The Kier molecular flexibility index (Phi) is 5.75. The van der Waals surface area contributed by atoms with Crippen LogP contribution in [0.25, 0.3) is 0 Å². The van der Waals surface area contributed by atoms with Gasteiger partial charge in [0, 0.05) is 64.2 Å². The first-order valence-corrected chi connectivity index (χ1v) is 8.88. The maximum absolute atomic E-state index is 12.9. The fraction of sp³-hybridized carbons (Fsp3) is 0.421. The Morgan fingerprint density at radius 1 is 1.19 bits per heavy atom. The van der Waals surface area contributed by atoms with Crippen LogP contribution in [0.1, 0.15) is 16.8 Å². The maximum atomic E-state index is 12.9. The predicted molar refractivity (Wildman–Crippen MR) is 99.0 cm³/mol. The molecule has 2 heterocycles. The van der Waals surface area contributed by atoms with Crippen molar-refractivity contribution in [2.75, 3.05) is 40.3 Å². The van der Waals surface area contributed by atoms with Gasteiger partial charge in [-0.25, -0.2) is 0 Å². The highest BCUT2D eigenvalue weighted by Gasteiger charge is 2.31. The third-order valence-electron chi connectivity index (χ3n) is 4.95. The van der Waals surface area contributed by atoms with Crippen molar-refractivity contribution in [2.45, 2.75) is 12.5 Å². The number of allylic oxidation sites excluding steroid dienone is 2. The van der Waals surface area contributed by atoms with Crippen molar-refractivity contribution in [1.29, 1.82) is 0 Å². The molecule has 2 aliphatic rings. The van der Waals surface area contributed by atoms with E-state index in [-0.39, 0.29) is 29.2 Å². The summed E-state index contributed by atoms with van der Waals surface area (Å²) in [7, 11) is 3.44. The Bertz CT molecular complexity index is 782. The first kappa shape index (κ1) is 18.9. The third-order valence-corrected chi connectivity index (χ3v) is 4.95. The van der Waals surface area contributed by atoms with Crippen LogP contribution in [0.15, 0.2) is 41.9 Å². The normalized spacial score (nSPS) is 20.0. The minimum Gasteiger partial charge on any atom is -0.505 e. The van der Waals surface area contributed by atoms with Gasteiger partial charge in [0.15, 0.2) is 0 Å². The lowest BCUT2D eigenvalue weighted by Gasteiger charge is -2.36. The van der Waals surface area contributed by atoms with Gasteiger partial charge in [-0.2, -0.15) is 0 Å². The molecule has 2 N–H and O–H groups in total. The van der Waals surface area contributed by atoms with E-state index in [9.17, 15) is 14.7 Å². The van der Waals surface area contributed by atoms with Crippen LogP contribution < -0.4 is 5.32 Å². The minimum absolute atomic E-state index is 0.0629. The Labute approximate surface area is 158 Å². The molecular weight excluding hydrogens is 348 g/mol. The molecule has 0 saturated carbocycles. The van der Waals surface area contributed by atoms with Crippen molar-refractivity contribution in [2.24, 2.45) is 0 Å². The number of ether oxygens (including phenoxy) is 1. The molecule has 144 valence electrons. The monoisotopic (exact) mass is 372 g/mol. The molecule has 2 amide bonds. The van der Waals surface area contributed by atoms with Crippen LogP contribution in [0.2, 0.25) is 0 Å². The van der Waals surface area contributed by atoms with E-state index in [1.54, 1.807) is 23.0 Å². The highest BCUT2D eigenvalue weighted by Crippen LogP contribution is 2.23. The number of hydrogen-bond acceptors (Lipinski definition) is 6. The van der Waals surface area contributed by atoms with Gasteiger partial charge in [0.05, 0.1) is 17.9 Å². The molecule has 27 heavy (non-hydrogen) atoms. The number of carbonyl (C=O) groups is 2. The number of carbonyl (C=O) groups excluding carboxylic acids is 2. The third kappa shape index (κ3) is 3.95. The zero-order chi connectivity index (χ0) is 19.4. The Hall–Kier alpha value is -2.87. The second-order valence-corrected chi connectivity index (χ2v) is 6.47. The van der Waals surface area contributed by atoms with Crippen LogP contribution >= 0.6 is 0 Å². The first-order chi connectivity index (χ1) is 13.0. The van der Waals surface area contributed by atoms with Crippen molar-refractivity contribution in [1.82, 2.24) is 20.1 Å². The molecule has 1 saturated heterocycles. The molecule has 0 spiro atoms. The molecule has 1 unspecified atom stereocenters. The number of rotatable bonds is 4. The van der Waals surface area contributed by atoms with Crippen LogP contribution in [-0.2, 0) is 9.53 Å². The number of methoxy groups -OCH3 is 1. The van der Waals surface area contributed by atoms with E-state index in [1.807, 2.05) is 13.1 Å². The standard InChI is InChI=1S/C19H24N4O4/c1-20-13-3-4-15(17(11-13)27-2)19(26)23-9-7-22(8-10-23)18(25)14-5-6-21-12-16(14)24/h3-6,12,17,20,24H,7-11H2,1-2H3. The molecule has 0 aromatic carbocycles. The number of pyridine rings is 1. The highest BCUT2D eigenvalue weighted by atomic mass is 16.5. The van der Waals surface area contributed by atoms with Crippen LogP contribution in [0.4, 0.5) is 0 Å². The molecule has 1 aliphatic heterocycles. The van der Waals surface area contributed by atoms with Crippen LogP contribution in [0, 0.1) is 0 Å². The second-order valence-electron chi connectivity index (χ2n) is 6.47. The zero-order valence-corrected chi connectivity index (χ0v) is 15.5. The van der Waals surface area contributed by atoms with Gasteiger partial charge in [0.1, 0.15) is 5.75 Å². The number of piperazine rings is 1. The molecule has 8 heteroatoms. The summed E-state index contributed by atoms with van der Waals surface area (Å²) in [5.41, 5.74) is 1.87. The summed E-state index contributed by atoms with van der Waals surface area (Å²) in [6.07, 6.45) is 6.77. The lowest BCUT2D eigenvalue weighted by atomic mass is 9.97. The van der Waals surface area contributed by atoms with Gasteiger partial charge in [-0.15, -0.1) is 0 Å². The van der Waals surface area contributed by atoms with Crippen LogP contribution in [0.3, 0.4) is 0 Å². The number of nitrogens with zero attached hydrogens (tertiary/aromatic N) is 3. The van der Waals surface area contributed by atoms with Crippen molar-refractivity contribution in [3.05, 3.63) is 47.4 Å². The maximum Gasteiger partial charge on any atom is 0.257 e. The van der Waals surface area contributed by atoms with Crippen molar-refractivity contribution in [3.8, 4) is 5.75 Å². The zero-order valence-electron chi connectivity index (χ0n) is 15.5. The second kappa shape index (κ2) is 8.22. The minimum atomic E-state index is -0.279. The summed E-state index contributed by atoms with van der Waals surface area (Å²) >= 11 is 0. The molecule has 0 radical (unpaired) electrons. The number of aromatic hydroxyl groups is 1. The Morgan fingerprint density at radius 2 is 1.85 bits per heavy atom. The topological polar surface area (TPSA) is 95.0 Å². The van der Waals surface area contributed by atoms with E-state index >= 15 is 0 Å². The number of hydrogen-bond donors (Lipinski definition) is 2. The molecule has 1 fully saturated rings. The van der Waals surface area contributed by atoms with E-state index in [4.69, 9.17) is 4.74 Å². The quantitative estimate of drug-likeness (QED) is 0.800. The molecule has 1 atom stereocenters. The lowest BCUT2D eigenvalue weighted by Crippen LogP contribution is -2.51. The average molecular weight is 372 g/mol. The Balaban J connectivity index is 1.64. The summed E-state index contributed by atoms with van der Waals surface area (Å²) in [5.74, 6) is -0.453. The molecule has 1 aromatic heterocycles. The van der Waals surface area contributed by atoms with Crippen LogP contribution in [-0.4, -0.2) is 78.1 Å². The molecule has 3 rings (SSSR count). The summed E-state index contributed by atoms with van der Waals surface area (Å²) in [5, 5.41) is 12.9. The van der Waals surface area contributed by atoms with Crippen molar-refractivity contribution in [3.63, 3.8) is 0 Å². The van der Waals surface area contributed by atoms with Gasteiger partial charge in [-0.05, 0) is 18.2 Å². The van der Waals surface area contributed by atoms with Crippen LogP contribution in [0.5, 0.6) is 5.75 Å². The van der Waals surface area contributed by atoms with Crippen molar-refractivity contribution >= 4 is 11.8 Å². The van der Waals surface area contributed by atoms with Gasteiger partial charge >= 0.3 is 0 Å². The Morgan fingerprint density at radius 3 is 2.44 bits per heavy atom. The van der Waals surface area contributed by atoms with Gasteiger partial charge in [-0.3, -0.25) is 14.6 Å². The van der Waals surface area contributed by atoms with E-state index in [1.165, 1.54) is 18.5 Å². The van der Waals surface area contributed by atoms with Gasteiger partial charge in [0.2, 0.25) is 0 Å². The van der Waals surface area contributed by atoms with Crippen molar-refractivity contribution < 1.29 is 19.4 Å². The fourth-order valence-electron chi connectivity index (χ4n) is 3.31. The van der Waals surface area contributed by atoms with E-state index in [0.717, 1.165) is 5.70 Å². The smallest absolute Gasteiger partial charge is 0.257 e. The SMILES string of the molecule is CNC1=CC=C(C(=O)N2CCN(C(=O)c3ccncc3O)CC2)C(OC)C1. The number of aromatic nitrogens is 1. The van der Waals surface area contributed by atoms with Gasteiger partial charge in [-0.1, -0.05) is 0 Å². The van der Waals surface area contributed by atoms with E-state index < -0.39 is 0 Å². The predicted octanol–water partition coefficient (Wildman–Crippen LogP) is 0.520. The van der Waals surface area contributed by atoms with E-state index in [0.29, 0.717) is 38.2 Å². The number of amides is 2. The van der Waals surface area contributed by atoms with E-state index in [2.05, 4.69) is 10.3 Å². The molecule has 1 aromatic rings. The summed E-state index contributed by atoms with van der Waals surface area (Å²) in [4.78, 5) is 32.6. The number of nitrogens with one attached hydrogen (secondary N) is 1. The van der Waals surface area contributed by atoms with Gasteiger partial charge < -0.3 is 25.0 Å². The summed E-state index contributed by atoms with van der Waals surface area (Å²) in [6.45, 7) is 1.70. The summed E-state index contributed by atoms with van der Waals surface area (Å²) in [6, 6.07) is 1.50. The molecule has 0 bridgehead atoms. The lowest BCUT2D eigenvalue weighted by molar-refractivity contribution is -0.129.